The Bertz CT molecular complexity index is 1180. The van der Waals surface area contributed by atoms with Crippen molar-refractivity contribution in [1.82, 2.24) is 0 Å². The van der Waals surface area contributed by atoms with E-state index in [0.717, 1.165) is 10.0 Å². The standard InChI is InChI=1S/C21H13BrO5S/c22-15-8-6-14(7-9-15)12-20-21(23)18-11-10-16(13-19(18)26-20)27-28(24,25)17-4-2-1-3-5-17/h1-13H/b20-12-. The van der Waals surface area contributed by atoms with Crippen molar-refractivity contribution >= 4 is 37.9 Å². The average Bonchev–Trinajstić information content (AvgIpc) is 2.99. The van der Waals surface area contributed by atoms with E-state index in [-0.39, 0.29) is 27.9 Å². The van der Waals surface area contributed by atoms with Crippen LogP contribution >= 0.6 is 15.9 Å². The summed E-state index contributed by atoms with van der Waals surface area (Å²) in [5.74, 6) is 0.227. The monoisotopic (exact) mass is 456 g/mol. The third-order valence-corrected chi connectivity index (χ3v) is 5.84. The quantitative estimate of drug-likeness (QED) is 0.415. The van der Waals surface area contributed by atoms with E-state index in [9.17, 15) is 13.2 Å². The molecule has 4 rings (SSSR count). The van der Waals surface area contributed by atoms with Crippen LogP contribution in [0.15, 0.2) is 87.9 Å². The second kappa shape index (κ2) is 7.26. The summed E-state index contributed by atoms with van der Waals surface area (Å²) < 4.78 is 36.4. The van der Waals surface area contributed by atoms with Gasteiger partial charge in [0.25, 0.3) is 0 Å². The van der Waals surface area contributed by atoms with Gasteiger partial charge in [0.1, 0.15) is 16.4 Å². The van der Waals surface area contributed by atoms with Crippen LogP contribution in [-0.2, 0) is 10.1 Å². The summed E-state index contributed by atoms with van der Waals surface area (Å²) in [6, 6.07) is 19.6. The Hall–Kier alpha value is -2.90. The van der Waals surface area contributed by atoms with Gasteiger partial charge in [-0.3, -0.25) is 4.79 Å². The van der Waals surface area contributed by atoms with Crippen LogP contribution in [0.4, 0.5) is 0 Å². The van der Waals surface area contributed by atoms with E-state index in [0.29, 0.717) is 5.56 Å². The lowest BCUT2D eigenvalue weighted by atomic mass is 10.1. The van der Waals surface area contributed by atoms with Crippen molar-refractivity contribution in [3.63, 3.8) is 0 Å². The first kappa shape index (κ1) is 18.5. The molecule has 0 spiro atoms. The minimum absolute atomic E-state index is 0.0447. The number of benzene rings is 3. The van der Waals surface area contributed by atoms with Crippen LogP contribution in [0.2, 0.25) is 0 Å². The second-order valence-corrected chi connectivity index (χ2v) is 8.46. The average molecular weight is 457 g/mol. The Balaban J connectivity index is 1.60. The van der Waals surface area contributed by atoms with Crippen molar-refractivity contribution in [1.29, 1.82) is 0 Å². The number of ketones is 1. The molecule has 0 bridgehead atoms. The fourth-order valence-electron chi connectivity index (χ4n) is 2.69. The summed E-state index contributed by atoms with van der Waals surface area (Å²) in [4.78, 5) is 12.6. The van der Waals surface area contributed by atoms with Crippen molar-refractivity contribution in [2.75, 3.05) is 0 Å². The summed E-state index contributed by atoms with van der Waals surface area (Å²) in [6.07, 6.45) is 1.63. The van der Waals surface area contributed by atoms with Crippen LogP contribution < -0.4 is 8.92 Å². The van der Waals surface area contributed by atoms with Gasteiger partial charge in [-0.15, -0.1) is 0 Å². The van der Waals surface area contributed by atoms with Crippen LogP contribution in [0.1, 0.15) is 15.9 Å². The number of Topliss-reactive ketones (excluding diaryl/α,β-unsaturated/α-hetero) is 1. The minimum Gasteiger partial charge on any atom is -0.452 e. The Morgan fingerprint density at radius 3 is 2.36 bits per heavy atom. The van der Waals surface area contributed by atoms with Crippen molar-refractivity contribution in [2.45, 2.75) is 4.90 Å². The minimum atomic E-state index is -3.97. The number of ether oxygens (including phenoxy) is 1. The van der Waals surface area contributed by atoms with Gasteiger partial charge in [0.15, 0.2) is 5.76 Å². The molecule has 140 valence electrons. The molecule has 1 aliphatic rings. The van der Waals surface area contributed by atoms with Crippen LogP contribution in [0.3, 0.4) is 0 Å². The highest BCUT2D eigenvalue weighted by Gasteiger charge is 2.28. The van der Waals surface area contributed by atoms with E-state index in [1.165, 1.54) is 30.3 Å². The second-order valence-electron chi connectivity index (χ2n) is 6.00. The fourth-order valence-corrected chi connectivity index (χ4v) is 3.90. The first-order chi connectivity index (χ1) is 13.4. The highest BCUT2D eigenvalue weighted by Crippen LogP contribution is 2.35. The molecule has 7 heteroatoms. The number of rotatable bonds is 4. The molecule has 5 nitrogen and oxygen atoms in total. The van der Waals surface area contributed by atoms with E-state index in [1.807, 2.05) is 24.3 Å². The molecule has 0 atom stereocenters. The molecule has 0 N–H and O–H groups in total. The van der Waals surface area contributed by atoms with Crippen LogP contribution in [0.5, 0.6) is 11.5 Å². The third kappa shape index (κ3) is 3.72. The van der Waals surface area contributed by atoms with E-state index < -0.39 is 10.1 Å². The molecule has 3 aromatic rings. The lowest BCUT2D eigenvalue weighted by Crippen LogP contribution is -2.09. The molecule has 0 unspecified atom stereocenters. The number of halogens is 1. The summed E-state index contributed by atoms with van der Waals surface area (Å²) >= 11 is 3.36. The maximum absolute atomic E-state index is 12.5. The third-order valence-electron chi connectivity index (χ3n) is 4.05. The first-order valence-electron chi connectivity index (χ1n) is 8.26. The zero-order valence-corrected chi connectivity index (χ0v) is 16.7. The highest BCUT2D eigenvalue weighted by molar-refractivity contribution is 9.10. The summed E-state index contributed by atoms with van der Waals surface area (Å²) in [5.41, 5.74) is 1.16. The van der Waals surface area contributed by atoms with E-state index in [2.05, 4.69) is 15.9 Å². The van der Waals surface area contributed by atoms with Gasteiger partial charge in [-0.1, -0.05) is 46.3 Å². The zero-order valence-electron chi connectivity index (χ0n) is 14.3. The van der Waals surface area contributed by atoms with Gasteiger partial charge in [0.2, 0.25) is 5.78 Å². The van der Waals surface area contributed by atoms with Crippen molar-refractivity contribution in [3.05, 3.63) is 94.2 Å². The molecule has 0 saturated heterocycles. The predicted molar refractivity (Wildman–Crippen MR) is 108 cm³/mol. The molecule has 0 aromatic heterocycles. The number of allylic oxidation sites excluding steroid dienone is 1. The van der Waals surface area contributed by atoms with Crippen molar-refractivity contribution in [2.24, 2.45) is 0 Å². The van der Waals surface area contributed by atoms with Crippen LogP contribution in [0, 0.1) is 0 Å². The van der Waals surface area contributed by atoms with Crippen molar-refractivity contribution < 1.29 is 22.1 Å². The Morgan fingerprint density at radius 1 is 0.929 bits per heavy atom. The molecule has 1 aliphatic heterocycles. The van der Waals surface area contributed by atoms with Gasteiger partial charge in [-0.05, 0) is 48.0 Å². The fraction of sp³-hybridized carbons (Fsp3) is 0. The number of fused-ring (bicyclic) bond motifs is 1. The van der Waals surface area contributed by atoms with E-state index >= 15 is 0 Å². The maximum Gasteiger partial charge on any atom is 0.339 e. The molecule has 1 heterocycles. The smallest absolute Gasteiger partial charge is 0.339 e. The lowest BCUT2D eigenvalue weighted by Gasteiger charge is -2.07. The highest BCUT2D eigenvalue weighted by atomic mass is 79.9. The number of hydrogen-bond donors (Lipinski definition) is 0. The molecule has 0 radical (unpaired) electrons. The number of carbonyl (C=O) groups is 1. The molecule has 0 aliphatic carbocycles. The largest absolute Gasteiger partial charge is 0.452 e. The van der Waals surface area contributed by atoms with Gasteiger partial charge < -0.3 is 8.92 Å². The van der Waals surface area contributed by atoms with Gasteiger partial charge >= 0.3 is 10.1 Å². The Kier molecular flexibility index (Phi) is 4.78. The lowest BCUT2D eigenvalue weighted by molar-refractivity contribution is 0.101. The van der Waals surface area contributed by atoms with Gasteiger partial charge in [0, 0.05) is 10.5 Å². The maximum atomic E-state index is 12.5. The van der Waals surface area contributed by atoms with Gasteiger partial charge in [0.05, 0.1) is 5.56 Å². The molecule has 3 aromatic carbocycles. The van der Waals surface area contributed by atoms with Crippen LogP contribution in [0.25, 0.3) is 6.08 Å². The molecule has 0 saturated carbocycles. The number of carbonyl (C=O) groups excluding carboxylic acids is 1. The zero-order chi connectivity index (χ0) is 19.7. The van der Waals surface area contributed by atoms with Gasteiger partial charge in [-0.25, -0.2) is 0 Å². The van der Waals surface area contributed by atoms with Crippen molar-refractivity contribution in [3.8, 4) is 11.5 Å². The molecular weight excluding hydrogens is 444 g/mol. The Morgan fingerprint density at radius 2 is 1.64 bits per heavy atom. The summed E-state index contributed by atoms with van der Waals surface area (Å²) in [5, 5.41) is 0. The summed E-state index contributed by atoms with van der Waals surface area (Å²) in [6.45, 7) is 0. The normalized spacial score (nSPS) is 14.6. The van der Waals surface area contributed by atoms with Gasteiger partial charge in [-0.2, -0.15) is 8.42 Å². The molecule has 28 heavy (non-hydrogen) atoms. The topological polar surface area (TPSA) is 69.7 Å². The van der Waals surface area contributed by atoms with Crippen LogP contribution in [-0.4, -0.2) is 14.2 Å². The Labute approximate surface area is 170 Å². The predicted octanol–water partition coefficient (Wildman–Crippen LogP) is 4.83. The van der Waals surface area contributed by atoms with E-state index in [1.54, 1.807) is 24.3 Å². The number of hydrogen-bond acceptors (Lipinski definition) is 5. The van der Waals surface area contributed by atoms with E-state index in [4.69, 9.17) is 8.92 Å². The molecule has 0 fully saturated rings. The first-order valence-corrected chi connectivity index (χ1v) is 10.5. The summed E-state index contributed by atoms with van der Waals surface area (Å²) in [7, 11) is -3.97. The molecule has 0 amide bonds. The SMILES string of the molecule is O=C1/C(=C/c2ccc(Br)cc2)Oc2cc(OS(=O)(=O)c3ccccc3)ccc21. The molecular formula is C21H13BrO5S.